The van der Waals surface area contributed by atoms with E-state index in [4.69, 9.17) is 10.3 Å². The lowest BCUT2D eigenvalue weighted by Gasteiger charge is -2.20. The van der Waals surface area contributed by atoms with E-state index in [2.05, 4.69) is 10.1 Å². The molecule has 1 aromatic heterocycles. The summed E-state index contributed by atoms with van der Waals surface area (Å²) in [4.78, 5) is 4.02. The molecule has 0 aromatic carbocycles. The molecular formula is C9H15N3O3S. The van der Waals surface area contributed by atoms with Crippen LogP contribution in [0.2, 0.25) is 0 Å². The van der Waals surface area contributed by atoms with Crippen LogP contribution in [0.4, 0.5) is 0 Å². The minimum Gasteiger partial charge on any atom is -0.339 e. The van der Waals surface area contributed by atoms with Crippen molar-refractivity contribution >= 4 is 9.84 Å². The van der Waals surface area contributed by atoms with E-state index in [0.717, 1.165) is 12.8 Å². The Labute approximate surface area is 94.1 Å². The van der Waals surface area contributed by atoms with Crippen LogP contribution in [-0.4, -0.2) is 29.6 Å². The van der Waals surface area contributed by atoms with Crippen molar-refractivity contribution < 1.29 is 12.9 Å². The molecule has 0 spiro atoms. The van der Waals surface area contributed by atoms with E-state index in [-0.39, 0.29) is 17.5 Å². The molecule has 1 fully saturated rings. The first kappa shape index (κ1) is 11.5. The Hall–Kier alpha value is -0.950. The highest BCUT2D eigenvalue weighted by molar-refractivity contribution is 7.92. The number of hydrogen-bond acceptors (Lipinski definition) is 6. The van der Waals surface area contributed by atoms with Gasteiger partial charge in [0.15, 0.2) is 15.7 Å². The lowest BCUT2D eigenvalue weighted by atomic mass is 10.1. The van der Waals surface area contributed by atoms with Crippen LogP contribution < -0.4 is 5.73 Å². The SMILES string of the molecule is NCc1noc(CC2CCCCS2(=O)=O)n1. The van der Waals surface area contributed by atoms with Gasteiger partial charge in [-0.1, -0.05) is 11.6 Å². The fraction of sp³-hybridized carbons (Fsp3) is 0.778. The van der Waals surface area contributed by atoms with Crippen LogP contribution in [0.3, 0.4) is 0 Å². The number of rotatable bonds is 3. The van der Waals surface area contributed by atoms with E-state index in [1.165, 1.54) is 0 Å². The molecule has 1 aliphatic heterocycles. The Morgan fingerprint density at radius 3 is 2.88 bits per heavy atom. The number of sulfone groups is 1. The molecule has 1 atom stereocenters. The summed E-state index contributed by atoms with van der Waals surface area (Å²) < 4.78 is 28.4. The molecule has 2 rings (SSSR count). The van der Waals surface area contributed by atoms with E-state index < -0.39 is 9.84 Å². The Balaban J connectivity index is 2.08. The summed E-state index contributed by atoms with van der Waals surface area (Å²) in [6.07, 6.45) is 2.70. The van der Waals surface area contributed by atoms with Gasteiger partial charge in [-0.3, -0.25) is 0 Å². The Bertz CT molecular complexity index is 454. The third-order valence-electron chi connectivity index (χ3n) is 2.81. The highest BCUT2D eigenvalue weighted by Gasteiger charge is 2.30. The molecule has 1 unspecified atom stereocenters. The molecule has 0 aliphatic carbocycles. The van der Waals surface area contributed by atoms with Crippen molar-refractivity contribution in [2.45, 2.75) is 37.5 Å². The maximum atomic E-state index is 11.7. The Morgan fingerprint density at radius 1 is 1.44 bits per heavy atom. The number of aromatic nitrogens is 2. The second-order valence-corrected chi connectivity index (χ2v) is 6.40. The van der Waals surface area contributed by atoms with E-state index in [1.807, 2.05) is 0 Å². The summed E-state index contributed by atoms with van der Waals surface area (Å²) in [5, 5.41) is 3.27. The second-order valence-electron chi connectivity index (χ2n) is 4.00. The predicted octanol–water partition coefficient (Wildman–Crippen LogP) is 0.0381. The molecule has 0 saturated carbocycles. The summed E-state index contributed by atoms with van der Waals surface area (Å²) >= 11 is 0. The Kier molecular flexibility index (Phi) is 3.25. The predicted molar refractivity (Wildman–Crippen MR) is 57.3 cm³/mol. The van der Waals surface area contributed by atoms with Gasteiger partial charge >= 0.3 is 0 Å². The van der Waals surface area contributed by atoms with Crippen molar-refractivity contribution in [2.24, 2.45) is 5.73 Å². The largest absolute Gasteiger partial charge is 0.339 e. The standard InChI is InChI=1S/C9H15N3O3S/c10-6-8-11-9(15-12-8)5-7-3-1-2-4-16(7,13)14/h7H,1-6,10H2. The first-order valence-electron chi connectivity index (χ1n) is 5.35. The average molecular weight is 245 g/mol. The molecular weight excluding hydrogens is 230 g/mol. The summed E-state index contributed by atoms with van der Waals surface area (Å²) in [5.74, 6) is 1.06. The van der Waals surface area contributed by atoms with E-state index >= 15 is 0 Å². The van der Waals surface area contributed by atoms with Crippen LogP contribution in [0.5, 0.6) is 0 Å². The normalized spacial score (nSPS) is 24.4. The van der Waals surface area contributed by atoms with Gasteiger partial charge in [0.05, 0.1) is 17.5 Å². The summed E-state index contributed by atoms with van der Waals surface area (Å²) in [7, 11) is -2.98. The third kappa shape index (κ3) is 2.41. The van der Waals surface area contributed by atoms with Crippen LogP contribution >= 0.6 is 0 Å². The molecule has 2 heterocycles. The van der Waals surface area contributed by atoms with Gasteiger partial charge in [0, 0.05) is 6.42 Å². The van der Waals surface area contributed by atoms with Gasteiger partial charge in [-0.25, -0.2) is 8.42 Å². The zero-order valence-electron chi connectivity index (χ0n) is 8.92. The molecule has 1 aromatic rings. The minimum atomic E-state index is -2.98. The lowest BCUT2D eigenvalue weighted by Crippen LogP contribution is -2.30. The van der Waals surface area contributed by atoms with Crippen molar-refractivity contribution in [1.29, 1.82) is 0 Å². The van der Waals surface area contributed by atoms with Crippen LogP contribution in [0.15, 0.2) is 4.52 Å². The van der Waals surface area contributed by atoms with Gasteiger partial charge in [-0.2, -0.15) is 4.98 Å². The van der Waals surface area contributed by atoms with Gasteiger partial charge in [-0.05, 0) is 12.8 Å². The molecule has 0 bridgehead atoms. The number of hydrogen-bond donors (Lipinski definition) is 1. The number of nitrogens with zero attached hydrogens (tertiary/aromatic N) is 2. The lowest BCUT2D eigenvalue weighted by molar-refractivity contribution is 0.367. The van der Waals surface area contributed by atoms with Gasteiger partial charge in [-0.15, -0.1) is 0 Å². The van der Waals surface area contributed by atoms with Crippen molar-refractivity contribution in [3.63, 3.8) is 0 Å². The molecule has 0 radical (unpaired) electrons. The van der Waals surface area contributed by atoms with Gasteiger partial charge < -0.3 is 10.3 Å². The van der Waals surface area contributed by atoms with Crippen LogP contribution in [0, 0.1) is 0 Å². The van der Waals surface area contributed by atoms with Crippen molar-refractivity contribution in [3.05, 3.63) is 11.7 Å². The van der Waals surface area contributed by atoms with E-state index in [0.29, 0.717) is 24.6 Å². The summed E-state index contributed by atoms with van der Waals surface area (Å²) in [6.45, 7) is 0.209. The molecule has 1 saturated heterocycles. The van der Waals surface area contributed by atoms with Crippen molar-refractivity contribution in [2.75, 3.05) is 5.75 Å². The second kappa shape index (κ2) is 4.50. The monoisotopic (exact) mass is 245 g/mol. The van der Waals surface area contributed by atoms with Crippen LogP contribution in [0.25, 0.3) is 0 Å². The summed E-state index contributed by atoms with van der Waals surface area (Å²) in [5.41, 5.74) is 5.35. The summed E-state index contributed by atoms with van der Waals surface area (Å²) in [6, 6.07) is 0. The first-order chi connectivity index (χ1) is 7.62. The molecule has 7 heteroatoms. The van der Waals surface area contributed by atoms with Crippen molar-refractivity contribution in [1.82, 2.24) is 10.1 Å². The molecule has 1 aliphatic rings. The van der Waals surface area contributed by atoms with Gasteiger partial charge in [0.2, 0.25) is 5.89 Å². The maximum Gasteiger partial charge on any atom is 0.227 e. The molecule has 2 N–H and O–H groups in total. The van der Waals surface area contributed by atoms with Crippen molar-refractivity contribution in [3.8, 4) is 0 Å². The average Bonchev–Trinajstić information content (AvgIpc) is 2.69. The minimum absolute atomic E-state index is 0.209. The Morgan fingerprint density at radius 2 is 2.25 bits per heavy atom. The number of nitrogens with two attached hydrogens (primary N) is 1. The van der Waals surface area contributed by atoms with Gasteiger partial charge in [0.1, 0.15) is 0 Å². The zero-order valence-corrected chi connectivity index (χ0v) is 9.74. The smallest absolute Gasteiger partial charge is 0.227 e. The van der Waals surface area contributed by atoms with Crippen LogP contribution in [0.1, 0.15) is 31.0 Å². The highest BCUT2D eigenvalue weighted by atomic mass is 32.2. The first-order valence-corrected chi connectivity index (χ1v) is 7.06. The quantitative estimate of drug-likeness (QED) is 0.807. The van der Waals surface area contributed by atoms with E-state index in [1.54, 1.807) is 0 Å². The fourth-order valence-electron chi connectivity index (χ4n) is 1.90. The van der Waals surface area contributed by atoms with E-state index in [9.17, 15) is 8.42 Å². The maximum absolute atomic E-state index is 11.7. The molecule has 0 amide bonds. The topological polar surface area (TPSA) is 99.1 Å². The molecule has 6 nitrogen and oxygen atoms in total. The highest BCUT2D eigenvalue weighted by Crippen LogP contribution is 2.22. The zero-order chi connectivity index (χ0) is 11.6. The third-order valence-corrected chi connectivity index (χ3v) is 5.08. The molecule has 16 heavy (non-hydrogen) atoms. The fourth-order valence-corrected chi connectivity index (χ4v) is 3.76. The van der Waals surface area contributed by atoms with Crippen LogP contribution in [-0.2, 0) is 22.8 Å². The van der Waals surface area contributed by atoms with Gasteiger partial charge in [0.25, 0.3) is 0 Å². The molecule has 90 valence electrons.